The molecule has 7 nitrogen and oxygen atoms in total. The maximum absolute atomic E-state index is 14.2. The lowest BCUT2D eigenvalue weighted by molar-refractivity contribution is 0.0679. The Bertz CT molecular complexity index is 838. The number of nitrogens with zero attached hydrogens (tertiary/aromatic N) is 1. The first-order valence-electron chi connectivity index (χ1n) is 8.28. The number of nitrogens with one attached hydrogen (secondary N) is 3. The summed E-state index contributed by atoms with van der Waals surface area (Å²) in [6.07, 6.45) is 3.27. The molecule has 1 unspecified atom stereocenters. The highest BCUT2D eigenvalue weighted by Gasteiger charge is 2.32. The third-order valence-corrected chi connectivity index (χ3v) is 4.73. The van der Waals surface area contributed by atoms with Crippen molar-refractivity contribution >= 4 is 33.0 Å². The predicted octanol–water partition coefficient (Wildman–Crippen LogP) is 2.64. The van der Waals surface area contributed by atoms with Crippen LogP contribution in [0, 0.1) is 16.6 Å². The van der Waals surface area contributed by atoms with Gasteiger partial charge in [-0.1, -0.05) is 6.07 Å². The van der Waals surface area contributed by atoms with Crippen molar-refractivity contribution in [1.82, 2.24) is 4.90 Å². The van der Waals surface area contributed by atoms with Crippen LogP contribution < -0.4 is 4.72 Å². The van der Waals surface area contributed by atoms with E-state index < -0.39 is 27.8 Å². The zero-order valence-corrected chi connectivity index (χ0v) is 15.6. The van der Waals surface area contributed by atoms with Crippen LogP contribution >= 0.6 is 0 Å². The van der Waals surface area contributed by atoms with Gasteiger partial charge in [0.1, 0.15) is 5.82 Å². The largest absolute Gasteiger partial charge is 0.330 e. The van der Waals surface area contributed by atoms with E-state index in [9.17, 15) is 17.6 Å². The molecule has 1 aromatic rings. The van der Waals surface area contributed by atoms with Crippen molar-refractivity contribution in [3.05, 3.63) is 29.6 Å². The second kappa shape index (κ2) is 7.94. The van der Waals surface area contributed by atoms with Crippen molar-refractivity contribution in [3.8, 4) is 0 Å². The molecule has 0 bridgehead atoms. The second-order valence-electron chi connectivity index (χ2n) is 6.53. The Balaban J connectivity index is 2.38. The number of halogens is 1. The molecule has 3 N–H and O–H groups in total. The van der Waals surface area contributed by atoms with Crippen molar-refractivity contribution in [3.63, 3.8) is 0 Å². The fourth-order valence-electron chi connectivity index (χ4n) is 3.09. The van der Waals surface area contributed by atoms with Crippen molar-refractivity contribution in [2.75, 3.05) is 17.5 Å². The summed E-state index contributed by atoms with van der Waals surface area (Å²) in [7, 11) is -3.76. The molecule has 1 aromatic carbocycles. The smallest absolute Gasteiger partial charge is 0.256 e. The minimum absolute atomic E-state index is 0.0818. The van der Waals surface area contributed by atoms with Gasteiger partial charge in [-0.05, 0) is 38.3 Å². The number of likely N-dealkylation sites (tertiary alicyclic amines) is 1. The fourth-order valence-corrected chi connectivity index (χ4v) is 3.66. The molecule has 1 saturated heterocycles. The Labute approximate surface area is 152 Å². The maximum atomic E-state index is 14.2. The number of anilines is 1. The summed E-state index contributed by atoms with van der Waals surface area (Å²) in [5.74, 6) is -1.35. The molecule has 1 amide bonds. The number of piperidine rings is 1. The van der Waals surface area contributed by atoms with Crippen LogP contribution in [-0.2, 0) is 10.0 Å². The molecule has 0 spiro atoms. The lowest BCUT2D eigenvalue weighted by atomic mass is 9.94. The molecule has 1 atom stereocenters. The van der Waals surface area contributed by atoms with Crippen LogP contribution in [0.3, 0.4) is 0 Å². The van der Waals surface area contributed by atoms with Gasteiger partial charge in [0, 0.05) is 24.4 Å². The number of hydrogen-bond acceptors (Lipinski definition) is 5. The number of carbonyl (C=O) groups is 1. The van der Waals surface area contributed by atoms with E-state index in [1.54, 1.807) is 6.92 Å². The lowest BCUT2D eigenvalue weighted by Crippen LogP contribution is -2.48. The van der Waals surface area contributed by atoms with E-state index in [0.717, 1.165) is 25.2 Å². The van der Waals surface area contributed by atoms with Crippen LogP contribution in [0.25, 0.3) is 0 Å². The Morgan fingerprint density at radius 2 is 2.04 bits per heavy atom. The molecule has 26 heavy (non-hydrogen) atoms. The summed E-state index contributed by atoms with van der Waals surface area (Å²) in [6.45, 7) is 2.00. The van der Waals surface area contributed by atoms with Gasteiger partial charge in [0.05, 0.1) is 23.5 Å². The van der Waals surface area contributed by atoms with Gasteiger partial charge in [0.2, 0.25) is 10.0 Å². The number of rotatable bonds is 6. The maximum Gasteiger partial charge on any atom is 0.256 e. The molecule has 1 aliphatic heterocycles. The molecule has 142 valence electrons. The molecule has 1 fully saturated rings. The van der Waals surface area contributed by atoms with E-state index in [1.165, 1.54) is 17.0 Å². The van der Waals surface area contributed by atoms with Crippen LogP contribution in [0.15, 0.2) is 18.2 Å². The minimum atomic E-state index is -3.76. The van der Waals surface area contributed by atoms with Gasteiger partial charge >= 0.3 is 0 Å². The summed E-state index contributed by atoms with van der Waals surface area (Å²) in [5.41, 5.74) is 0.138. The molecular weight excluding hydrogens is 359 g/mol. The molecule has 0 aliphatic carbocycles. The second-order valence-corrected chi connectivity index (χ2v) is 8.28. The first kappa shape index (κ1) is 20.0. The number of amides is 1. The molecule has 2 rings (SSSR count). The zero-order valence-electron chi connectivity index (χ0n) is 14.8. The minimum Gasteiger partial charge on any atom is -0.330 e. The quantitative estimate of drug-likeness (QED) is 0.657. The number of sulfonamides is 1. The Morgan fingerprint density at radius 1 is 1.35 bits per heavy atom. The van der Waals surface area contributed by atoms with Crippen LogP contribution in [-0.4, -0.2) is 49.5 Å². The average molecular weight is 382 g/mol. The lowest BCUT2D eigenvalue weighted by Gasteiger charge is -2.36. The third-order valence-electron chi connectivity index (χ3n) is 4.15. The molecule has 0 radical (unpaired) electrons. The number of hydrogen-bond donors (Lipinski definition) is 3. The topological polar surface area (TPSA) is 114 Å². The van der Waals surface area contributed by atoms with E-state index in [2.05, 4.69) is 4.72 Å². The zero-order chi connectivity index (χ0) is 19.5. The van der Waals surface area contributed by atoms with E-state index in [0.29, 0.717) is 18.7 Å². The van der Waals surface area contributed by atoms with E-state index in [-0.39, 0.29) is 23.4 Å². The van der Waals surface area contributed by atoms with Gasteiger partial charge in [-0.15, -0.1) is 0 Å². The van der Waals surface area contributed by atoms with Gasteiger partial charge in [-0.25, -0.2) is 12.8 Å². The van der Waals surface area contributed by atoms with E-state index in [4.69, 9.17) is 10.8 Å². The highest BCUT2D eigenvalue weighted by Crippen LogP contribution is 2.27. The van der Waals surface area contributed by atoms with Gasteiger partial charge < -0.3 is 15.7 Å². The Hall–Kier alpha value is -2.29. The number of carbonyl (C=O) groups excluding carboxylic acids is 1. The number of benzene rings is 1. The van der Waals surface area contributed by atoms with Crippen LogP contribution in [0.2, 0.25) is 0 Å². The third kappa shape index (κ3) is 4.87. The predicted molar refractivity (Wildman–Crippen MR) is 99.3 cm³/mol. The number of para-hydroxylation sites is 1. The summed E-state index contributed by atoms with van der Waals surface area (Å²) >= 11 is 0. The van der Waals surface area contributed by atoms with E-state index >= 15 is 0 Å². The summed E-state index contributed by atoms with van der Waals surface area (Å²) in [6, 6.07) is 3.34. The molecular formula is C17H23FN4O3S. The van der Waals surface area contributed by atoms with Crippen LogP contribution in [0.1, 0.15) is 43.0 Å². The van der Waals surface area contributed by atoms with Gasteiger partial charge in [-0.3, -0.25) is 9.52 Å². The molecule has 9 heteroatoms. The van der Waals surface area contributed by atoms with Gasteiger partial charge in [0.15, 0.2) is 0 Å². The summed E-state index contributed by atoms with van der Waals surface area (Å²) in [5, 5.41) is 15.8. The fraction of sp³-hybridized carbons (Fsp3) is 0.471. The van der Waals surface area contributed by atoms with Gasteiger partial charge in [0.25, 0.3) is 5.91 Å². The van der Waals surface area contributed by atoms with Crippen molar-refractivity contribution < 1.29 is 17.6 Å². The normalized spacial score (nSPS) is 17.7. The average Bonchev–Trinajstić information content (AvgIpc) is 2.54. The van der Waals surface area contributed by atoms with Crippen molar-refractivity contribution in [2.45, 2.75) is 38.6 Å². The standard InChI is InChI=1S/C17H23FN4O3S/c1-11(19)10-14(20)15-8-3-4-9-22(15)17(23)12-6-5-7-13(18)16(12)21-26(2,24)25/h5-7,15,19-21H,3-4,8-10H2,1-2H3. The molecule has 1 heterocycles. The monoisotopic (exact) mass is 382 g/mol. The first-order chi connectivity index (χ1) is 12.1. The van der Waals surface area contributed by atoms with Crippen LogP contribution in [0.5, 0.6) is 0 Å². The first-order valence-corrected chi connectivity index (χ1v) is 10.2. The molecule has 0 aromatic heterocycles. The SMILES string of the molecule is CC(=N)CC(=N)C1CCCCN1C(=O)c1cccc(F)c1NS(C)(=O)=O. The highest BCUT2D eigenvalue weighted by molar-refractivity contribution is 7.92. The summed E-state index contributed by atoms with van der Waals surface area (Å²) < 4.78 is 39.3. The van der Waals surface area contributed by atoms with Gasteiger partial charge in [-0.2, -0.15) is 0 Å². The van der Waals surface area contributed by atoms with E-state index in [1.807, 2.05) is 0 Å². The van der Waals surface area contributed by atoms with Crippen LogP contribution in [0.4, 0.5) is 10.1 Å². The van der Waals surface area contributed by atoms with Crippen molar-refractivity contribution in [1.29, 1.82) is 10.8 Å². The van der Waals surface area contributed by atoms with Crippen molar-refractivity contribution in [2.24, 2.45) is 0 Å². The molecule has 1 aliphatic rings. The Kier molecular flexibility index (Phi) is 6.12. The Morgan fingerprint density at radius 3 is 2.65 bits per heavy atom. The summed E-state index contributed by atoms with van der Waals surface area (Å²) in [4.78, 5) is 14.5. The molecule has 0 saturated carbocycles. The highest BCUT2D eigenvalue weighted by atomic mass is 32.2.